The van der Waals surface area contributed by atoms with Gasteiger partial charge in [-0.1, -0.05) is 6.92 Å². The minimum atomic E-state index is -0.707. The summed E-state index contributed by atoms with van der Waals surface area (Å²) in [6, 6.07) is 0. The van der Waals surface area contributed by atoms with Crippen LogP contribution in [0.5, 0.6) is 0 Å². The summed E-state index contributed by atoms with van der Waals surface area (Å²) in [5.41, 5.74) is 0. The van der Waals surface area contributed by atoms with Crippen LogP contribution in [0.2, 0.25) is 0 Å². The van der Waals surface area contributed by atoms with Gasteiger partial charge in [-0.05, 0) is 25.9 Å². The average molecular weight is 193 g/mol. The standard InChI is InChI=1S/C8H19NO2S/c1-8(12(2)11)4-6-9-5-3-7-10/h8-10H,3-7H2,1-2H3. The summed E-state index contributed by atoms with van der Waals surface area (Å²) in [5.74, 6) is 0. The molecule has 2 N–H and O–H groups in total. The smallest absolute Gasteiger partial charge is 0.0443 e. The third-order valence-electron chi connectivity index (χ3n) is 1.81. The van der Waals surface area contributed by atoms with Crippen LogP contribution in [0.25, 0.3) is 0 Å². The van der Waals surface area contributed by atoms with Gasteiger partial charge in [-0.3, -0.25) is 4.21 Å². The van der Waals surface area contributed by atoms with E-state index in [0.717, 1.165) is 25.9 Å². The van der Waals surface area contributed by atoms with Gasteiger partial charge in [-0.2, -0.15) is 0 Å². The third kappa shape index (κ3) is 6.76. The van der Waals surface area contributed by atoms with Crippen molar-refractivity contribution in [1.29, 1.82) is 0 Å². The van der Waals surface area contributed by atoms with E-state index in [2.05, 4.69) is 5.32 Å². The lowest BCUT2D eigenvalue weighted by Crippen LogP contribution is -2.22. The van der Waals surface area contributed by atoms with Crippen LogP contribution in [0.1, 0.15) is 19.8 Å². The molecule has 0 aliphatic carbocycles. The SMILES string of the molecule is CC(CCNCCCO)S(C)=O. The molecule has 2 unspecified atom stereocenters. The predicted molar refractivity (Wildman–Crippen MR) is 52.7 cm³/mol. The normalized spacial score (nSPS) is 15.9. The quantitative estimate of drug-likeness (QED) is 0.564. The maximum atomic E-state index is 10.9. The van der Waals surface area contributed by atoms with Crippen LogP contribution in [0.15, 0.2) is 0 Å². The fraction of sp³-hybridized carbons (Fsp3) is 1.00. The van der Waals surface area contributed by atoms with Crippen molar-refractivity contribution in [1.82, 2.24) is 5.32 Å². The van der Waals surface area contributed by atoms with Crippen LogP contribution < -0.4 is 5.32 Å². The highest BCUT2D eigenvalue weighted by Crippen LogP contribution is 1.96. The molecule has 0 saturated carbocycles. The monoisotopic (exact) mass is 193 g/mol. The van der Waals surface area contributed by atoms with E-state index in [4.69, 9.17) is 5.11 Å². The molecule has 0 aliphatic heterocycles. The Kier molecular flexibility index (Phi) is 7.75. The van der Waals surface area contributed by atoms with Crippen molar-refractivity contribution >= 4 is 10.8 Å². The molecule has 12 heavy (non-hydrogen) atoms. The zero-order valence-corrected chi connectivity index (χ0v) is 8.69. The zero-order valence-electron chi connectivity index (χ0n) is 7.88. The summed E-state index contributed by atoms with van der Waals surface area (Å²) >= 11 is 0. The Morgan fingerprint density at radius 2 is 2.17 bits per heavy atom. The number of aliphatic hydroxyl groups excluding tert-OH is 1. The summed E-state index contributed by atoms with van der Waals surface area (Å²) in [6.07, 6.45) is 3.47. The topological polar surface area (TPSA) is 49.3 Å². The Hall–Kier alpha value is 0.0700. The van der Waals surface area contributed by atoms with Gasteiger partial charge in [0.2, 0.25) is 0 Å². The Labute approximate surface area is 77.0 Å². The van der Waals surface area contributed by atoms with Gasteiger partial charge in [0, 0.05) is 28.9 Å². The molecular weight excluding hydrogens is 174 g/mol. The molecule has 0 aromatic heterocycles. The van der Waals surface area contributed by atoms with E-state index in [1.807, 2.05) is 6.92 Å². The van der Waals surface area contributed by atoms with Gasteiger partial charge >= 0.3 is 0 Å². The summed E-state index contributed by atoms with van der Waals surface area (Å²) in [6.45, 7) is 3.96. The van der Waals surface area contributed by atoms with Gasteiger partial charge in [0.25, 0.3) is 0 Å². The average Bonchev–Trinajstić information content (AvgIpc) is 2.03. The molecule has 0 bridgehead atoms. The minimum Gasteiger partial charge on any atom is -0.396 e. The predicted octanol–water partition coefficient (Wildman–Crippen LogP) is 0.116. The fourth-order valence-electron chi connectivity index (χ4n) is 0.800. The molecular formula is C8H19NO2S. The maximum Gasteiger partial charge on any atom is 0.0443 e. The molecule has 0 amide bonds. The van der Waals surface area contributed by atoms with Crippen molar-refractivity contribution < 1.29 is 9.32 Å². The van der Waals surface area contributed by atoms with Gasteiger partial charge in [-0.15, -0.1) is 0 Å². The molecule has 0 aromatic rings. The molecule has 74 valence electrons. The van der Waals surface area contributed by atoms with Crippen molar-refractivity contribution in [3.8, 4) is 0 Å². The van der Waals surface area contributed by atoms with E-state index >= 15 is 0 Å². The molecule has 0 spiro atoms. The van der Waals surface area contributed by atoms with E-state index < -0.39 is 10.8 Å². The summed E-state index contributed by atoms with van der Waals surface area (Å²) in [5, 5.41) is 11.9. The molecule has 0 aliphatic rings. The Balaban J connectivity index is 3.14. The lowest BCUT2D eigenvalue weighted by atomic mass is 10.3. The lowest BCUT2D eigenvalue weighted by Gasteiger charge is -2.08. The van der Waals surface area contributed by atoms with Crippen LogP contribution in [0.4, 0.5) is 0 Å². The molecule has 0 aromatic carbocycles. The van der Waals surface area contributed by atoms with Crippen molar-refractivity contribution in [2.75, 3.05) is 26.0 Å². The van der Waals surface area contributed by atoms with Gasteiger partial charge < -0.3 is 10.4 Å². The highest BCUT2D eigenvalue weighted by molar-refractivity contribution is 7.84. The van der Waals surface area contributed by atoms with Crippen LogP contribution in [-0.4, -0.2) is 40.5 Å². The first-order chi connectivity index (χ1) is 5.68. The molecule has 0 saturated heterocycles. The van der Waals surface area contributed by atoms with E-state index in [-0.39, 0.29) is 11.9 Å². The molecule has 0 fully saturated rings. The van der Waals surface area contributed by atoms with Crippen LogP contribution in [-0.2, 0) is 10.8 Å². The number of rotatable bonds is 7. The lowest BCUT2D eigenvalue weighted by molar-refractivity contribution is 0.286. The number of aliphatic hydroxyl groups is 1. The number of hydrogen-bond donors (Lipinski definition) is 2. The van der Waals surface area contributed by atoms with Crippen LogP contribution in [0.3, 0.4) is 0 Å². The van der Waals surface area contributed by atoms with E-state index in [1.54, 1.807) is 6.26 Å². The zero-order chi connectivity index (χ0) is 9.40. The first kappa shape index (κ1) is 12.1. The second-order valence-electron chi connectivity index (χ2n) is 2.93. The molecule has 2 atom stereocenters. The minimum absolute atomic E-state index is 0.238. The summed E-state index contributed by atoms with van der Waals surface area (Å²) in [7, 11) is -0.707. The van der Waals surface area contributed by atoms with Crippen LogP contribution >= 0.6 is 0 Å². The van der Waals surface area contributed by atoms with E-state index in [1.165, 1.54) is 0 Å². The molecule has 3 nitrogen and oxygen atoms in total. The van der Waals surface area contributed by atoms with E-state index in [9.17, 15) is 4.21 Å². The van der Waals surface area contributed by atoms with Crippen molar-refractivity contribution in [3.63, 3.8) is 0 Å². The Morgan fingerprint density at radius 1 is 1.50 bits per heavy atom. The fourth-order valence-corrected chi connectivity index (χ4v) is 1.25. The van der Waals surface area contributed by atoms with Crippen molar-refractivity contribution in [2.45, 2.75) is 25.0 Å². The molecule has 0 radical (unpaired) electrons. The second-order valence-corrected chi connectivity index (χ2v) is 4.73. The highest BCUT2D eigenvalue weighted by atomic mass is 32.2. The second kappa shape index (κ2) is 7.71. The number of nitrogens with one attached hydrogen (secondary N) is 1. The molecule has 0 rings (SSSR count). The first-order valence-electron chi connectivity index (χ1n) is 4.32. The molecule has 4 heteroatoms. The first-order valence-corrected chi connectivity index (χ1v) is 5.94. The van der Waals surface area contributed by atoms with Gasteiger partial charge in [0.05, 0.1) is 0 Å². The summed E-state index contributed by atoms with van der Waals surface area (Å²) in [4.78, 5) is 0. The maximum absolute atomic E-state index is 10.9. The largest absolute Gasteiger partial charge is 0.396 e. The van der Waals surface area contributed by atoms with E-state index in [0.29, 0.717) is 0 Å². The van der Waals surface area contributed by atoms with Crippen LogP contribution in [0, 0.1) is 0 Å². The van der Waals surface area contributed by atoms with Crippen molar-refractivity contribution in [2.24, 2.45) is 0 Å². The Morgan fingerprint density at radius 3 is 2.67 bits per heavy atom. The molecule has 0 heterocycles. The van der Waals surface area contributed by atoms with Gasteiger partial charge in [-0.25, -0.2) is 0 Å². The highest BCUT2D eigenvalue weighted by Gasteiger charge is 2.04. The number of hydrogen-bond acceptors (Lipinski definition) is 3. The summed E-state index contributed by atoms with van der Waals surface area (Å²) < 4.78 is 10.9. The van der Waals surface area contributed by atoms with Gasteiger partial charge in [0.15, 0.2) is 0 Å². The Bertz CT molecular complexity index is 130. The van der Waals surface area contributed by atoms with Gasteiger partial charge in [0.1, 0.15) is 0 Å². The third-order valence-corrected chi connectivity index (χ3v) is 3.17. The van der Waals surface area contributed by atoms with Crippen molar-refractivity contribution in [3.05, 3.63) is 0 Å².